The Morgan fingerprint density at radius 3 is 0.325 bits per heavy atom. The highest BCUT2D eigenvalue weighted by molar-refractivity contribution is 7.44. The van der Waals surface area contributed by atoms with Crippen molar-refractivity contribution in [2.24, 2.45) is 0 Å². The Morgan fingerprint density at radius 1 is 0.200 bits per heavy atom. The van der Waals surface area contributed by atoms with Gasteiger partial charge in [-0.15, -0.1) is 0 Å². The minimum absolute atomic E-state index is 0.666. The van der Waals surface area contributed by atoms with E-state index in [4.69, 9.17) is 0 Å². The van der Waals surface area contributed by atoms with Crippen LogP contribution in [0.4, 0.5) is 0 Å². The van der Waals surface area contributed by atoms with Crippen LogP contribution in [0.2, 0.25) is 188 Å². The Hall–Kier alpha value is 2.17. The van der Waals surface area contributed by atoms with Crippen LogP contribution in [0.15, 0.2) is 0 Å². The van der Waals surface area contributed by atoms with Crippen molar-refractivity contribution in [3.8, 4) is 0 Å². The molecule has 40 heavy (non-hydrogen) atoms. The molecule has 0 aromatic heterocycles. The predicted octanol–water partition coefficient (Wildman–Crippen LogP) is 12.6. The fraction of sp³-hybridized carbons (Fsp3) is 1.00. The molecular weight excluding hydrogens is 641 g/mol. The highest BCUT2D eigenvalue weighted by atomic mass is 28.6. The molecule has 0 N–H and O–H groups in total. The van der Waals surface area contributed by atoms with Crippen LogP contribution in [-0.2, 0) is 0 Å². The van der Waals surface area contributed by atoms with Gasteiger partial charge >= 0.3 is 0 Å². The zero-order valence-electron chi connectivity index (χ0n) is 33.5. The van der Waals surface area contributed by atoms with Crippen LogP contribution in [0.25, 0.3) is 0 Å². The van der Waals surface area contributed by atoms with Crippen molar-refractivity contribution < 1.29 is 0 Å². The first-order chi connectivity index (χ1) is 16.6. The summed E-state index contributed by atoms with van der Waals surface area (Å²) in [7, 11) is -15.8. The first-order valence-corrected chi connectivity index (χ1v) is 49.5. The molecule has 1 radical (unpaired) electrons. The van der Waals surface area contributed by atoms with Gasteiger partial charge in [0.15, 0.2) is 0 Å². The van der Waals surface area contributed by atoms with Gasteiger partial charge in [-0.3, -0.25) is 0 Å². The monoisotopic (exact) mass is 721 g/mol. The quantitative estimate of drug-likeness (QED) is 0.176. The second-order valence-corrected chi connectivity index (χ2v) is 82.1. The van der Waals surface area contributed by atoms with Crippen molar-refractivity contribution in [1.29, 1.82) is 0 Å². The molecule has 0 bridgehead atoms. The van der Waals surface area contributed by atoms with Gasteiger partial charge in [0, 0.05) is 81.5 Å². The SMILES string of the molecule is C[Si](C)(C)C([Si](C([Si](C)(C)C)([Si](C)(C)C)[Si](C)(C)C)C([Si](C)(C)C)([Si](C)(C)C)[Si](C)(C)C)([Si](C)(C)C)[Si](C)(C)C. The zero-order chi connectivity index (χ0) is 33.6. The first-order valence-electron chi connectivity index (χ1n) is 16.5. The van der Waals surface area contributed by atoms with Gasteiger partial charge in [-0.25, -0.2) is 0 Å². The molecule has 0 atom stereocenters. The van der Waals surface area contributed by atoms with E-state index in [2.05, 4.69) is 177 Å². The second-order valence-electron chi connectivity index (χ2n) is 22.9. The van der Waals surface area contributed by atoms with Gasteiger partial charge in [-0.1, -0.05) is 177 Å². The van der Waals surface area contributed by atoms with Crippen molar-refractivity contribution in [2.75, 3.05) is 0 Å². The number of hydrogen-bond donors (Lipinski definition) is 0. The van der Waals surface area contributed by atoms with E-state index in [9.17, 15) is 0 Å². The third-order valence-electron chi connectivity index (χ3n) is 11.2. The summed E-state index contributed by atoms with van der Waals surface area (Å²) < 4.78 is 2.00. The standard InChI is InChI=1S/C30H81Si10/c1-32(2,3)28(33(4,5)6,34(7,8)9)31(29(35(10,11)12,36(13,14)15)37(16,17)18)30(38(19,20)21,39(22,23)24)40(25,26)27/h1-27H3. The summed E-state index contributed by atoms with van der Waals surface area (Å²) >= 11 is 0. The highest BCUT2D eigenvalue weighted by Gasteiger charge is 2.82. The highest BCUT2D eigenvalue weighted by Crippen LogP contribution is 2.76. The van der Waals surface area contributed by atoms with Gasteiger partial charge in [0.2, 0.25) is 0 Å². The van der Waals surface area contributed by atoms with E-state index in [-0.39, 0.29) is 0 Å². The Balaban J connectivity index is 10.1. The Labute approximate surface area is 268 Å². The third kappa shape index (κ3) is 6.02. The lowest BCUT2D eigenvalue weighted by molar-refractivity contribution is 1.04. The van der Waals surface area contributed by atoms with Crippen molar-refractivity contribution >= 4 is 81.5 Å². The van der Waals surface area contributed by atoms with Crippen LogP contribution >= 0.6 is 0 Å². The van der Waals surface area contributed by atoms with Crippen LogP contribution in [0.5, 0.6) is 0 Å². The van der Waals surface area contributed by atoms with Crippen LogP contribution in [0, 0.1) is 0 Å². The summed E-state index contributed by atoms with van der Waals surface area (Å²) in [4.78, 5) is 0. The van der Waals surface area contributed by atoms with Crippen molar-refractivity contribution in [3.05, 3.63) is 0 Å². The molecule has 0 fully saturated rings. The van der Waals surface area contributed by atoms with Crippen molar-refractivity contribution in [1.82, 2.24) is 0 Å². The molecule has 0 rings (SSSR count). The molecular formula is C30H81Si10. The molecule has 0 heterocycles. The van der Waals surface area contributed by atoms with Crippen LogP contribution < -0.4 is 0 Å². The molecule has 0 aliphatic carbocycles. The van der Waals surface area contributed by atoms with E-state index in [0.717, 1.165) is 0 Å². The van der Waals surface area contributed by atoms with Crippen LogP contribution in [0.3, 0.4) is 0 Å². The minimum Gasteiger partial charge on any atom is -0.0698 e. The summed E-state index contributed by atoms with van der Waals surface area (Å²) in [6, 6.07) is 0. The fourth-order valence-corrected chi connectivity index (χ4v) is 144. The summed E-state index contributed by atoms with van der Waals surface area (Å²) in [5.41, 5.74) is 0. The van der Waals surface area contributed by atoms with E-state index >= 15 is 0 Å². The lowest BCUT2D eigenvalue weighted by Crippen LogP contribution is -2.90. The normalized spacial score (nSPS) is 17.1. The summed E-state index contributed by atoms with van der Waals surface area (Å²) in [5.74, 6) is 0. The van der Waals surface area contributed by atoms with Gasteiger partial charge in [0.1, 0.15) is 0 Å². The van der Waals surface area contributed by atoms with Gasteiger partial charge in [0.25, 0.3) is 0 Å². The molecule has 0 aromatic rings. The largest absolute Gasteiger partial charge is 0.0698 e. The molecule has 0 unspecified atom stereocenters. The minimum atomic E-state index is -1.66. The van der Waals surface area contributed by atoms with Gasteiger partial charge in [-0.2, -0.15) is 0 Å². The number of rotatable bonds is 12. The Bertz CT molecular complexity index is 648. The van der Waals surface area contributed by atoms with E-state index in [1.54, 1.807) is 0 Å². The molecule has 10 heteroatoms. The van der Waals surface area contributed by atoms with Gasteiger partial charge in [-0.05, 0) is 11.7 Å². The van der Waals surface area contributed by atoms with E-state index in [0.29, 0.717) is 11.7 Å². The molecule has 241 valence electrons. The predicted molar refractivity (Wildman–Crippen MR) is 224 cm³/mol. The maximum absolute atomic E-state index is 2.92. The molecule has 0 aliphatic heterocycles. The summed E-state index contributed by atoms with van der Waals surface area (Å²) in [6.45, 7) is 78.8. The van der Waals surface area contributed by atoms with Crippen molar-refractivity contribution in [3.63, 3.8) is 0 Å². The van der Waals surface area contributed by atoms with E-state index in [1.165, 1.54) is 0 Å². The Kier molecular flexibility index (Phi) is 11.8. The van der Waals surface area contributed by atoms with Gasteiger partial charge < -0.3 is 0 Å². The van der Waals surface area contributed by atoms with Crippen LogP contribution in [-0.4, -0.2) is 81.5 Å². The number of hydrogen-bond acceptors (Lipinski definition) is 0. The molecule has 0 spiro atoms. The average Bonchev–Trinajstić information content (AvgIpc) is 2.41. The molecule has 0 nitrogen and oxygen atoms in total. The molecule has 0 saturated heterocycles. The summed E-state index contributed by atoms with van der Waals surface area (Å²) in [5, 5.41) is 0. The maximum atomic E-state index is 2.92. The van der Waals surface area contributed by atoms with Gasteiger partial charge in [0.05, 0.1) is 0 Å². The van der Waals surface area contributed by atoms with Crippen molar-refractivity contribution in [2.45, 2.75) is 188 Å². The second kappa shape index (κ2) is 11.2. The fourth-order valence-electron chi connectivity index (χ4n) is 14.3. The molecule has 0 amide bonds. The maximum Gasteiger partial charge on any atom is 0.0423 e. The third-order valence-corrected chi connectivity index (χ3v) is 101. The summed E-state index contributed by atoms with van der Waals surface area (Å²) in [6.07, 6.45) is 0. The molecule has 0 aromatic carbocycles. The Morgan fingerprint density at radius 2 is 0.275 bits per heavy atom. The lowest BCUT2D eigenvalue weighted by atomic mass is 11.5. The van der Waals surface area contributed by atoms with E-state index < -0.39 is 81.5 Å². The first kappa shape index (κ1) is 42.2. The average molecular weight is 723 g/mol. The topological polar surface area (TPSA) is 0 Å². The van der Waals surface area contributed by atoms with E-state index in [1.807, 2.05) is 0 Å². The van der Waals surface area contributed by atoms with Crippen LogP contribution in [0.1, 0.15) is 0 Å². The molecule has 0 aliphatic rings. The smallest absolute Gasteiger partial charge is 0.0423 e. The zero-order valence-corrected chi connectivity index (χ0v) is 43.5. The molecule has 0 saturated carbocycles. The lowest BCUT2D eigenvalue weighted by Gasteiger charge is -2.81.